The van der Waals surface area contributed by atoms with Gasteiger partial charge in [0.05, 0.1) is 54.7 Å². The summed E-state index contributed by atoms with van der Waals surface area (Å²) in [5, 5.41) is 16.3. The van der Waals surface area contributed by atoms with Gasteiger partial charge < -0.3 is 76.2 Å². The van der Waals surface area contributed by atoms with E-state index in [0.29, 0.717) is 18.8 Å². The van der Waals surface area contributed by atoms with Crippen molar-refractivity contribution in [3.05, 3.63) is 97.9 Å². The quantitative estimate of drug-likeness (QED) is 0.0370. The average Bonchev–Trinajstić information content (AvgIpc) is 3.86. The predicted molar refractivity (Wildman–Crippen MR) is 235 cm³/mol. The molecule has 4 atom stereocenters. The van der Waals surface area contributed by atoms with Gasteiger partial charge in [0, 0.05) is 13.0 Å². The van der Waals surface area contributed by atoms with Crippen molar-refractivity contribution in [3.8, 4) is 10.4 Å². The van der Waals surface area contributed by atoms with Gasteiger partial charge in [0.1, 0.15) is 25.3 Å². The molecule has 0 saturated carbocycles. The summed E-state index contributed by atoms with van der Waals surface area (Å²) in [6.07, 6.45) is 5.18. The van der Waals surface area contributed by atoms with Crippen LogP contribution in [-0.4, -0.2) is 134 Å². The van der Waals surface area contributed by atoms with Crippen molar-refractivity contribution in [1.29, 1.82) is 0 Å². The van der Waals surface area contributed by atoms with Gasteiger partial charge in [-0.1, -0.05) is 45.0 Å². The molecule has 1 aliphatic rings. The Kier molecular flexibility index (Phi) is 27.4. The number of carbonyl (C=O) groups excluding carboxylic acids is 4. The van der Waals surface area contributed by atoms with Crippen LogP contribution in [0.3, 0.4) is 0 Å². The molecule has 3 aromatic rings. The first-order valence-corrected chi connectivity index (χ1v) is 20.7. The maximum absolute atomic E-state index is 13.8. The molecule has 2 aromatic carbocycles. The van der Waals surface area contributed by atoms with Crippen molar-refractivity contribution >= 4 is 53.2 Å². The molecule has 0 unspecified atom stereocenters. The molecule has 4 amide bonds. The number of para-hydroxylation sites is 1. The number of ether oxygens (including phenoxy) is 3. The van der Waals surface area contributed by atoms with E-state index in [1.807, 2.05) is 76.5 Å². The van der Waals surface area contributed by atoms with Crippen LogP contribution in [-0.2, 0) is 33.4 Å². The van der Waals surface area contributed by atoms with E-state index in [-0.39, 0.29) is 108 Å². The van der Waals surface area contributed by atoms with Gasteiger partial charge in [0.25, 0.3) is 0 Å². The van der Waals surface area contributed by atoms with Gasteiger partial charge in [-0.15, -0.1) is 24.4 Å². The largest absolute Gasteiger partial charge is 1.00 e. The summed E-state index contributed by atoms with van der Waals surface area (Å²) >= 11 is 1.57. The molecule has 1 aliphatic heterocycles. The van der Waals surface area contributed by atoms with Crippen LogP contribution >= 0.6 is 11.3 Å². The zero-order valence-electron chi connectivity index (χ0n) is 37.6. The van der Waals surface area contributed by atoms with E-state index in [1.165, 1.54) is 15.9 Å². The van der Waals surface area contributed by atoms with Gasteiger partial charge >= 0.3 is 37.7 Å². The summed E-state index contributed by atoms with van der Waals surface area (Å²) in [5.41, 5.74) is 4.69. The summed E-state index contributed by atoms with van der Waals surface area (Å²) in [6, 6.07) is 15.9. The number of thiazole rings is 1. The zero-order valence-corrected chi connectivity index (χ0v) is 38.4. The third kappa shape index (κ3) is 19.8. The third-order valence-electron chi connectivity index (χ3n) is 9.21. The van der Waals surface area contributed by atoms with Crippen LogP contribution in [0.2, 0.25) is 0 Å². The molecule has 1 aromatic heterocycles. The number of aliphatic hydroxyl groups is 1. The molecule has 15 nitrogen and oxygen atoms in total. The van der Waals surface area contributed by atoms with E-state index in [4.69, 9.17) is 20.8 Å². The summed E-state index contributed by atoms with van der Waals surface area (Å²) in [4.78, 5) is 67.6. The first-order chi connectivity index (χ1) is 29.2. The predicted octanol–water partition coefficient (Wildman–Crippen LogP) is -1.70. The van der Waals surface area contributed by atoms with Gasteiger partial charge in [0.15, 0.2) is 0 Å². The molecule has 18 heteroatoms. The van der Waals surface area contributed by atoms with Crippen LogP contribution < -0.4 is 48.4 Å². The van der Waals surface area contributed by atoms with Crippen molar-refractivity contribution in [1.82, 2.24) is 25.4 Å². The van der Waals surface area contributed by atoms with E-state index < -0.39 is 35.4 Å². The standard InChI is InChI=1S/C35H51N5O8S.C10H6N2.2Li/c1-8-39(9-2)30(43)21-48-17-15-46-14-16-47-20-29(42)38-32(35(5,6)7)34(45)40-19-27(41)18-28(40)33(44)37-23(3)25-10-12-26(13-11-25)31-24(4)36-22-49-31;1-2-8-11-9-12-10-6-4-3-5-7-10;;/h10-13,22-23,27-28,32,41H,1-2,8-9,14-21H2,3-7H3,(H,37,44)(H,38,42);1-6H;;/q-2;-4;2*+1/t23-,27+,28-,32+;;;/m0.../s1. The van der Waals surface area contributed by atoms with Crippen LogP contribution in [0.15, 0.2) is 70.1 Å². The number of hydrogen-bond acceptors (Lipinski definition) is 11. The molecular weight excluding hydrogens is 812 g/mol. The summed E-state index contributed by atoms with van der Waals surface area (Å²) in [5.74, 6) is -1.52. The number of aliphatic imine (C=N–C) groups is 2. The Morgan fingerprint density at radius 1 is 1.05 bits per heavy atom. The Morgan fingerprint density at radius 3 is 2.27 bits per heavy atom. The Balaban J connectivity index is 0.00000122. The van der Waals surface area contributed by atoms with E-state index in [1.54, 1.807) is 23.5 Å². The van der Waals surface area contributed by atoms with Crippen LogP contribution in [0.25, 0.3) is 10.4 Å². The minimum absolute atomic E-state index is 0. The molecule has 1 saturated heterocycles. The van der Waals surface area contributed by atoms with Crippen molar-refractivity contribution in [2.45, 2.75) is 65.3 Å². The van der Waals surface area contributed by atoms with Crippen LogP contribution in [0.4, 0.5) is 5.69 Å². The second-order valence-corrected chi connectivity index (χ2v) is 15.7. The summed E-state index contributed by atoms with van der Waals surface area (Å²) in [7, 11) is 0. The second kappa shape index (κ2) is 30.2. The SMILES string of the molecule is [CH-]=C[C-]=N[C-]=Nc1[c-]cccc1.[CH2-]CN(C[CH2-])C(=O)COCCOCCOCC(=O)N[C@H](C(=O)N1C[C@H](O)C[C@H]1C(=O)N[C@@H](C)c1ccc(-c2scnc2C)cc1)C(C)(C)C.[Li+].[Li+]. The minimum atomic E-state index is -0.969. The molecule has 0 aliphatic carbocycles. The molecule has 0 radical (unpaired) electrons. The molecule has 63 heavy (non-hydrogen) atoms. The van der Waals surface area contributed by atoms with Crippen LogP contribution in [0.1, 0.15) is 51.4 Å². The maximum atomic E-state index is 13.8. The van der Waals surface area contributed by atoms with E-state index in [9.17, 15) is 24.3 Å². The molecule has 332 valence electrons. The monoisotopic (exact) mass is 869 g/mol. The van der Waals surface area contributed by atoms with Crippen LogP contribution in [0, 0.1) is 38.8 Å². The van der Waals surface area contributed by atoms with Crippen molar-refractivity contribution in [3.63, 3.8) is 0 Å². The van der Waals surface area contributed by atoms with E-state index in [2.05, 4.69) is 58.1 Å². The smallest absolute Gasteiger partial charge is 0.538 e. The normalized spacial score (nSPS) is 15.7. The Bertz CT molecular complexity index is 1890. The molecule has 1 fully saturated rings. The number of nitrogens with zero attached hydrogens (tertiary/aromatic N) is 5. The van der Waals surface area contributed by atoms with Gasteiger partial charge in [0.2, 0.25) is 23.6 Å². The van der Waals surface area contributed by atoms with Gasteiger partial charge in [-0.25, -0.2) is 4.98 Å². The molecule has 3 N–H and O–H groups in total. The Labute approximate surface area is 400 Å². The van der Waals surface area contributed by atoms with Gasteiger partial charge in [-0.3, -0.25) is 43.2 Å². The fourth-order valence-corrected chi connectivity index (χ4v) is 6.74. The zero-order chi connectivity index (χ0) is 44.8. The molecule has 2 heterocycles. The number of likely N-dealkylation sites (tertiary alicyclic amines) is 1. The van der Waals surface area contributed by atoms with Gasteiger partial charge in [-0.2, -0.15) is 24.5 Å². The summed E-state index contributed by atoms with van der Waals surface area (Å²) in [6.45, 7) is 22.6. The summed E-state index contributed by atoms with van der Waals surface area (Å²) < 4.78 is 16.1. The topological polar surface area (TPSA) is 184 Å². The Hall–Kier alpha value is -3.94. The average molecular weight is 870 g/mol. The molecule has 0 spiro atoms. The molecule has 4 rings (SSSR count). The van der Waals surface area contributed by atoms with E-state index in [0.717, 1.165) is 21.7 Å². The number of benzene rings is 2. The first-order valence-electron chi connectivity index (χ1n) is 19.8. The number of carbonyl (C=O) groups is 4. The fourth-order valence-electron chi connectivity index (χ4n) is 5.93. The van der Waals surface area contributed by atoms with Crippen LogP contribution in [0.5, 0.6) is 0 Å². The van der Waals surface area contributed by atoms with E-state index >= 15 is 0 Å². The first kappa shape index (κ1) is 57.1. The molecular formula is C45H57Li2N7O8S-4. The number of hydrogen-bond donors (Lipinski definition) is 3. The fraction of sp³-hybridized carbons (Fsp3) is 0.444. The Morgan fingerprint density at radius 2 is 1.70 bits per heavy atom. The van der Waals surface area contributed by atoms with Gasteiger partial charge in [-0.05, 0) is 30.4 Å². The number of aryl methyl sites for hydroxylation is 1. The second-order valence-electron chi connectivity index (χ2n) is 14.8. The van der Waals surface area contributed by atoms with Crippen molar-refractivity contribution in [2.75, 3.05) is 59.3 Å². The maximum Gasteiger partial charge on any atom is 1.00 e. The number of β-amino-alcohol motifs (C(OH)–C–C–N with tert-alkyl or cyclic N) is 1. The van der Waals surface area contributed by atoms with Crippen molar-refractivity contribution < 1.29 is 76.2 Å². The van der Waals surface area contributed by atoms with Crippen molar-refractivity contribution in [2.24, 2.45) is 15.4 Å². The number of aliphatic hydroxyl groups excluding tert-OH is 1. The number of allylic oxidation sites excluding steroid dienone is 1. The number of amides is 4. The molecule has 0 bridgehead atoms. The number of aromatic nitrogens is 1. The number of nitrogens with one attached hydrogen (secondary N) is 2. The minimum Gasteiger partial charge on any atom is -0.538 e. The number of rotatable bonds is 21. The third-order valence-corrected chi connectivity index (χ3v) is 10.2.